The molecule has 0 fully saturated rings. The number of rotatable bonds is 6. The molecule has 1 aromatic rings. The van der Waals surface area contributed by atoms with Gasteiger partial charge in [-0.25, -0.2) is 0 Å². The van der Waals surface area contributed by atoms with Crippen molar-refractivity contribution in [3.63, 3.8) is 0 Å². The number of nitrogens with zero attached hydrogens (tertiary/aromatic N) is 2. The van der Waals surface area contributed by atoms with E-state index < -0.39 is 0 Å². The van der Waals surface area contributed by atoms with Gasteiger partial charge in [-0.3, -0.25) is 0 Å². The van der Waals surface area contributed by atoms with Crippen LogP contribution in [0.25, 0.3) is 0 Å². The lowest BCUT2D eigenvalue weighted by Crippen LogP contribution is -2.32. The molecule has 0 radical (unpaired) electrons. The van der Waals surface area contributed by atoms with E-state index >= 15 is 0 Å². The van der Waals surface area contributed by atoms with E-state index in [1.165, 1.54) is 6.42 Å². The molecular formula is C10H19N3S. The normalized spacial score (nSPS) is 13.4. The van der Waals surface area contributed by atoms with Gasteiger partial charge in [-0.05, 0) is 18.9 Å². The summed E-state index contributed by atoms with van der Waals surface area (Å²) in [7, 11) is 0. The Kier molecular flexibility index (Phi) is 5.04. The molecule has 0 amide bonds. The standard InChI is InChI=1S/C10H19N3S/c1-4-11-9(5-8(2)3)6-10-13-12-7-14-10/h7-9,11H,4-6H2,1-3H3. The van der Waals surface area contributed by atoms with E-state index in [-0.39, 0.29) is 0 Å². The fourth-order valence-corrected chi connectivity index (χ4v) is 2.20. The van der Waals surface area contributed by atoms with Crippen LogP contribution in [0.2, 0.25) is 0 Å². The van der Waals surface area contributed by atoms with Gasteiger partial charge in [0.1, 0.15) is 10.5 Å². The lowest BCUT2D eigenvalue weighted by atomic mass is 10.0. The molecular weight excluding hydrogens is 194 g/mol. The monoisotopic (exact) mass is 213 g/mol. The van der Waals surface area contributed by atoms with Crippen LogP contribution in [0, 0.1) is 5.92 Å². The van der Waals surface area contributed by atoms with Crippen molar-refractivity contribution in [2.45, 2.75) is 39.7 Å². The third-order valence-electron chi connectivity index (χ3n) is 2.07. The van der Waals surface area contributed by atoms with Crippen LogP contribution >= 0.6 is 11.3 Å². The van der Waals surface area contributed by atoms with E-state index in [1.54, 1.807) is 16.8 Å². The number of aromatic nitrogens is 2. The van der Waals surface area contributed by atoms with Crippen LogP contribution in [0.3, 0.4) is 0 Å². The molecule has 0 aromatic carbocycles. The summed E-state index contributed by atoms with van der Waals surface area (Å²) < 4.78 is 0. The van der Waals surface area contributed by atoms with Gasteiger partial charge in [-0.1, -0.05) is 20.8 Å². The van der Waals surface area contributed by atoms with Crippen LogP contribution < -0.4 is 5.32 Å². The third kappa shape index (κ3) is 4.15. The first-order chi connectivity index (χ1) is 6.72. The van der Waals surface area contributed by atoms with Gasteiger partial charge < -0.3 is 5.32 Å². The molecule has 1 N–H and O–H groups in total. The highest BCUT2D eigenvalue weighted by atomic mass is 32.1. The Labute approximate surface area is 89.9 Å². The summed E-state index contributed by atoms with van der Waals surface area (Å²) in [5.74, 6) is 0.729. The van der Waals surface area contributed by atoms with Crippen molar-refractivity contribution >= 4 is 11.3 Å². The minimum absolute atomic E-state index is 0.549. The number of hydrogen-bond acceptors (Lipinski definition) is 4. The van der Waals surface area contributed by atoms with E-state index in [9.17, 15) is 0 Å². The third-order valence-corrected chi connectivity index (χ3v) is 2.79. The van der Waals surface area contributed by atoms with Gasteiger partial charge >= 0.3 is 0 Å². The molecule has 1 atom stereocenters. The predicted molar refractivity (Wildman–Crippen MR) is 60.5 cm³/mol. The fourth-order valence-electron chi connectivity index (χ4n) is 1.59. The van der Waals surface area contributed by atoms with Gasteiger partial charge in [0.15, 0.2) is 0 Å². The molecule has 0 spiro atoms. The Balaban J connectivity index is 2.42. The number of nitrogens with one attached hydrogen (secondary N) is 1. The van der Waals surface area contributed by atoms with Crippen molar-refractivity contribution in [3.05, 3.63) is 10.5 Å². The van der Waals surface area contributed by atoms with E-state index in [2.05, 4.69) is 36.3 Å². The second-order valence-electron chi connectivity index (χ2n) is 3.92. The minimum atomic E-state index is 0.549. The van der Waals surface area contributed by atoms with E-state index in [0.717, 1.165) is 23.9 Å². The van der Waals surface area contributed by atoms with Crippen molar-refractivity contribution in [2.24, 2.45) is 5.92 Å². The van der Waals surface area contributed by atoms with Crippen LogP contribution in [0.4, 0.5) is 0 Å². The van der Waals surface area contributed by atoms with Crippen molar-refractivity contribution < 1.29 is 0 Å². The second kappa shape index (κ2) is 6.09. The number of likely N-dealkylation sites (N-methyl/N-ethyl adjacent to an activating group) is 1. The van der Waals surface area contributed by atoms with Crippen molar-refractivity contribution in [1.82, 2.24) is 15.5 Å². The Morgan fingerprint density at radius 3 is 2.79 bits per heavy atom. The summed E-state index contributed by atoms with van der Waals surface area (Å²) in [5, 5.41) is 12.6. The summed E-state index contributed by atoms with van der Waals surface area (Å²) in [5.41, 5.74) is 1.80. The molecule has 0 aliphatic carbocycles. The zero-order chi connectivity index (χ0) is 10.4. The van der Waals surface area contributed by atoms with Gasteiger partial charge in [0.2, 0.25) is 0 Å². The average Bonchev–Trinajstić information content (AvgIpc) is 2.56. The average molecular weight is 213 g/mol. The summed E-state index contributed by atoms with van der Waals surface area (Å²) in [6.45, 7) is 7.68. The van der Waals surface area contributed by atoms with Crippen LogP contribution in [0.15, 0.2) is 5.51 Å². The maximum atomic E-state index is 4.07. The second-order valence-corrected chi connectivity index (χ2v) is 4.84. The fraction of sp³-hybridized carbons (Fsp3) is 0.800. The lowest BCUT2D eigenvalue weighted by molar-refractivity contribution is 0.423. The molecule has 3 nitrogen and oxygen atoms in total. The van der Waals surface area contributed by atoms with E-state index in [0.29, 0.717) is 6.04 Å². The molecule has 80 valence electrons. The zero-order valence-corrected chi connectivity index (χ0v) is 9.97. The van der Waals surface area contributed by atoms with Crippen molar-refractivity contribution in [2.75, 3.05) is 6.54 Å². The Morgan fingerprint density at radius 2 is 2.29 bits per heavy atom. The van der Waals surface area contributed by atoms with E-state index in [1.807, 2.05) is 0 Å². The quantitative estimate of drug-likeness (QED) is 0.786. The maximum absolute atomic E-state index is 4.07. The van der Waals surface area contributed by atoms with Gasteiger partial charge in [-0.15, -0.1) is 21.5 Å². The Bertz CT molecular complexity index is 234. The topological polar surface area (TPSA) is 37.8 Å². The molecule has 1 aromatic heterocycles. The summed E-state index contributed by atoms with van der Waals surface area (Å²) >= 11 is 1.64. The lowest BCUT2D eigenvalue weighted by Gasteiger charge is -2.18. The molecule has 4 heteroatoms. The van der Waals surface area contributed by atoms with Crippen LogP contribution in [-0.4, -0.2) is 22.8 Å². The van der Waals surface area contributed by atoms with Gasteiger partial charge in [0.05, 0.1) is 0 Å². The highest BCUT2D eigenvalue weighted by molar-refractivity contribution is 7.09. The molecule has 1 rings (SSSR count). The van der Waals surface area contributed by atoms with Crippen molar-refractivity contribution in [1.29, 1.82) is 0 Å². The summed E-state index contributed by atoms with van der Waals surface area (Å²) in [4.78, 5) is 0. The summed E-state index contributed by atoms with van der Waals surface area (Å²) in [6, 6.07) is 0.549. The minimum Gasteiger partial charge on any atom is -0.314 e. The molecule has 0 bridgehead atoms. The van der Waals surface area contributed by atoms with Gasteiger partial charge in [-0.2, -0.15) is 0 Å². The first kappa shape index (κ1) is 11.6. The molecule has 0 saturated carbocycles. The highest BCUT2D eigenvalue weighted by Gasteiger charge is 2.11. The molecule has 0 aliphatic rings. The largest absolute Gasteiger partial charge is 0.314 e. The summed E-state index contributed by atoms with van der Waals surface area (Å²) in [6.07, 6.45) is 2.21. The SMILES string of the molecule is CCNC(Cc1nncs1)CC(C)C. The Morgan fingerprint density at radius 1 is 1.50 bits per heavy atom. The number of hydrogen-bond donors (Lipinski definition) is 1. The van der Waals surface area contributed by atoms with Crippen molar-refractivity contribution in [3.8, 4) is 0 Å². The molecule has 1 unspecified atom stereocenters. The molecule has 0 aliphatic heterocycles. The van der Waals surface area contributed by atoms with Crippen LogP contribution in [-0.2, 0) is 6.42 Å². The van der Waals surface area contributed by atoms with Gasteiger partial charge in [0, 0.05) is 12.5 Å². The zero-order valence-electron chi connectivity index (χ0n) is 9.16. The Hall–Kier alpha value is -0.480. The highest BCUT2D eigenvalue weighted by Crippen LogP contribution is 2.11. The van der Waals surface area contributed by atoms with Crippen LogP contribution in [0.5, 0.6) is 0 Å². The molecule has 0 saturated heterocycles. The molecule has 14 heavy (non-hydrogen) atoms. The van der Waals surface area contributed by atoms with Crippen LogP contribution in [0.1, 0.15) is 32.2 Å². The molecule has 1 heterocycles. The predicted octanol–water partition coefficient (Wildman–Crippen LogP) is 2.10. The first-order valence-electron chi connectivity index (χ1n) is 5.20. The smallest absolute Gasteiger partial charge is 0.118 e. The van der Waals surface area contributed by atoms with E-state index in [4.69, 9.17) is 0 Å². The first-order valence-corrected chi connectivity index (χ1v) is 6.08. The van der Waals surface area contributed by atoms with Gasteiger partial charge in [0.25, 0.3) is 0 Å². The maximum Gasteiger partial charge on any atom is 0.118 e.